The Labute approximate surface area is 166 Å². The zero-order chi connectivity index (χ0) is 19.4. The molecule has 1 unspecified atom stereocenters. The molecule has 7 heteroatoms. The van der Waals surface area contributed by atoms with Crippen LogP contribution in [0, 0.1) is 25.2 Å². The second kappa shape index (κ2) is 8.33. The summed E-state index contributed by atoms with van der Waals surface area (Å²) in [5.74, 6) is -0.169. The lowest BCUT2D eigenvalue weighted by atomic mass is 10.1. The maximum Gasteiger partial charge on any atom is 0.239 e. The number of benzene rings is 1. The molecular formula is C20H18N4OS2. The largest absolute Gasteiger partial charge is 0.301 e. The van der Waals surface area contributed by atoms with Gasteiger partial charge in [0.25, 0.3) is 0 Å². The van der Waals surface area contributed by atoms with E-state index in [9.17, 15) is 10.1 Å². The van der Waals surface area contributed by atoms with Crippen LogP contribution in [-0.4, -0.2) is 21.1 Å². The Kier molecular flexibility index (Phi) is 5.89. The minimum Gasteiger partial charge on any atom is -0.301 e. The van der Waals surface area contributed by atoms with Crippen LogP contribution < -0.4 is 5.32 Å². The first-order valence-electron chi connectivity index (χ1n) is 8.34. The summed E-state index contributed by atoms with van der Waals surface area (Å²) in [5, 5.41) is 14.7. The van der Waals surface area contributed by atoms with Crippen molar-refractivity contribution >= 4 is 34.1 Å². The van der Waals surface area contributed by atoms with E-state index in [1.807, 2.05) is 43.5 Å². The number of carbonyl (C=O) groups is 1. The molecule has 0 aliphatic carbocycles. The highest BCUT2D eigenvalue weighted by molar-refractivity contribution is 8.00. The van der Waals surface area contributed by atoms with Gasteiger partial charge in [-0.2, -0.15) is 5.26 Å². The summed E-state index contributed by atoms with van der Waals surface area (Å²) in [4.78, 5) is 21.4. The lowest BCUT2D eigenvalue weighted by Gasteiger charge is -2.11. The van der Waals surface area contributed by atoms with Gasteiger partial charge in [-0.05, 0) is 32.9 Å². The van der Waals surface area contributed by atoms with Gasteiger partial charge in [-0.25, -0.2) is 9.97 Å². The summed E-state index contributed by atoms with van der Waals surface area (Å²) in [6.07, 6.45) is 0. The molecule has 1 N–H and O–H groups in total. The molecule has 2 aromatic heterocycles. The SMILES string of the molecule is Cc1ccc(-c2csc(NC(=O)C(C)Sc3nc(C)ccc3C#N)n2)cc1. The standard InChI is InChI=1S/C20H18N4OS2/c1-12-4-7-15(8-5-12)17-11-26-20(23-17)24-18(25)14(3)27-19-16(10-21)9-6-13(2)22-19/h4-9,11,14H,1-3H3,(H,23,24,25). The smallest absolute Gasteiger partial charge is 0.239 e. The lowest BCUT2D eigenvalue weighted by Crippen LogP contribution is -2.22. The third-order valence-corrected chi connectivity index (χ3v) is 5.72. The molecule has 0 fully saturated rings. The van der Waals surface area contributed by atoms with E-state index in [0.29, 0.717) is 15.7 Å². The van der Waals surface area contributed by atoms with Gasteiger partial charge in [-0.3, -0.25) is 4.79 Å². The molecule has 27 heavy (non-hydrogen) atoms. The number of thiazole rings is 1. The molecule has 0 saturated heterocycles. The zero-order valence-electron chi connectivity index (χ0n) is 15.2. The van der Waals surface area contributed by atoms with Gasteiger partial charge < -0.3 is 5.32 Å². The maximum atomic E-state index is 12.5. The number of amides is 1. The molecule has 5 nitrogen and oxygen atoms in total. The van der Waals surface area contributed by atoms with E-state index in [2.05, 4.69) is 21.4 Å². The molecule has 0 radical (unpaired) electrons. The number of nitrogens with one attached hydrogen (secondary N) is 1. The van der Waals surface area contributed by atoms with Crippen molar-refractivity contribution in [2.75, 3.05) is 5.32 Å². The first-order chi connectivity index (χ1) is 13.0. The first-order valence-corrected chi connectivity index (χ1v) is 10.1. The summed E-state index contributed by atoms with van der Waals surface area (Å²) in [7, 11) is 0. The van der Waals surface area contributed by atoms with Crippen molar-refractivity contribution in [3.8, 4) is 17.3 Å². The second-order valence-corrected chi connectivity index (χ2v) is 8.26. The van der Waals surface area contributed by atoms with Crippen LogP contribution >= 0.6 is 23.1 Å². The van der Waals surface area contributed by atoms with E-state index in [4.69, 9.17) is 0 Å². The average molecular weight is 395 g/mol. The van der Waals surface area contributed by atoms with Crippen LogP contribution in [0.4, 0.5) is 5.13 Å². The lowest BCUT2D eigenvalue weighted by molar-refractivity contribution is -0.115. The number of pyridine rings is 1. The molecule has 2 heterocycles. The molecule has 1 amide bonds. The third kappa shape index (κ3) is 4.73. The molecule has 1 aromatic carbocycles. The second-order valence-electron chi connectivity index (χ2n) is 6.07. The van der Waals surface area contributed by atoms with E-state index < -0.39 is 5.25 Å². The summed E-state index contributed by atoms with van der Waals surface area (Å²) in [5.41, 5.74) is 4.33. The highest BCUT2D eigenvalue weighted by atomic mass is 32.2. The van der Waals surface area contributed by atoms with E-state index in [1.165, 1.54) is 28.7 Å². The van der Waals surface area contributed by atoms with Crippen LogP contribution in [0.5, 0.6) is 0 Å². The Morgan fingerprint density at radius 2 is 1.93 bits per heavy atom. The van der Waals surface area contributed by atoms with Crippen molar-refractivity contribution < 1.29 is 4.79 Å². The van der Waals surface area contributed by atoms with E-state index >= 15 is 0 Å². The molecule has 0 saturated carbocycles. The molecule has 0 spiro atoms. The number of rotatable bonds is 5. The Morgan fingerprint density at radius 1 is 1.19 bits per heavy atom. The van der Waals surface area contributed by atoms with Gasteiger partial charge in [-0.15, -0.1) is 11.3 Å². The summed E-state index contributed by atoms with van der Waals surface area (Å²) in [6.45, 7) is 5.69. The van der Waals surface area contributed by atoms with Crippen molar-refractivity contribution in [2.45, 2.75) is 31.0 Å². The minimum absolute atomic E-state index is 0.169. The van der Waals surface area contributed by atoms with Crippen LogP contribution in [-0.2, 0) is 4.79 Å². The van der Waals surface area contributed by atoms with Crippen LogP contribution in [0.3, 0.4) is 0 Å². The third-order valence-electron chi connectivity index (χ3n) is 3.86. The van der Waals surface area contributed by atoms with Crippen molar-refractivity contribution in [3.05, 3.63) is 58.6 Å². The van der Waals surface area contributed by atoms with Gasteiger partial charge in [0, 0.05) is 16.6 Å². The van der Waals surface area contributed by atoms with Gasteiger partial charge in [0.2, 0.25) is 5.91 Å². The van der Waals surface area contributed by atoms with Gasteiger partial charge in [0.15, 0.2) is 5.13 Å². The van der Waals surface area contributed by atoms with E-state index in [-0.39, 0.29) is 5.91 Å². The fourth-order valence-electron chi connectivity index (χ4n) is 2.32. The maximum absolute atomic E-state index is 12.5. The molecule has 3 rings (SSSR count). The summed E-state index contributed by atoms with van der Waals surface area (Å²) < 4.78 is 0. The Bertz CT molecular complexity index is 1010. The predicted octanol–water partition coefficient (Wildman–Crippen LogP) is 4.81. The van der Waals surface area contributed by atoms with Crippen molar-refractivity contribution in [2.24, 2.45) is 0 Å². The van der Waals surface area contributed by atoms with Crippen LogP contribution in [0.25, 0.3) is 11.3 Å². The number of aryl methyl sites for hydroxylation is 2. The number of aromatic nitrogens is 2. The number of hydrogen-bond acceptors (Lipinski definition) is 6. The zero-order valence-corrected chi connectivity index (χ0v) is 16.8. The van der Waals surface area contributed by atoms with Crippen molar-refractivity contribution in [1.29, 1.82) is 5.26 Å². The normalized spacial score (nSPS) is 11.6. The van der Waals surface area contributed by atoms with Crippen LogP contribution in [0.1, 0.15) is 23.7 Å². The molecule has 0 bridgehead atoms. The first kappa shape index (κ1) is 19.1. The van der Waals surface area contributed by atoms with Gasteiger partial charge in [0.05, 0.1) is 16.5 Å². The Hall–Kier alpha value is -2.69. The van der Waals surface area contributed by atoms with Crippen molar-refractivity contribution in [1.82, 2.24) is 9.97 Å². The topological polar surface area (TPSA) is 78.7 Å². The predicted molar refractivity (Wildman–Crippen MR) is 110 cm³/mol. The minimum atomic E-state index is -0.405. The van der Waals surface area contributed by atoms with Crippen LogP contribution in [0.2, 0.25) is 0 Å². The molecule has 0 aliphatic heterocycles. The van der Waals surface area contributed by atoms with E-state index in [1.54, 1.807) is 19.1 Å². The Morgan fingerprint density at radius 3 is 2.63 bits per heavy atom. The quantitative estimate of drug-likeness (QED) is 0.628. The molecule has 136 valence electrons. The molecule has 3 aromatic rings. The average Bonchev–Trinajstić information content (AvgIpc) is 3.11. The number of anilines is 1. The monoisotopic (exact) mass is 394 g/mol. The van der Waals surface area contributed by atoms with Gasteiger partial charge in [0.1, 0.15) is 11.1 Å². The number of hydrogen-bond donors (Lipinski definition) is 1. The molecule has 1 atom stereocenters. The summed E-state index contributed by atoms with van der Waals surface area (Å²) in [6, 6.07) is 13.7. The highest BCUT2D eigenvalue weighted by Gasteiger charge is 2.19. The highest BCUT2D eigenvalue weighted by Crippen LogP contribution is 2.28. The molecule has 0 aliphatic rings. The fourth-order valence-corrected chi connectivity index (χ4v) is 3.98. The number of carbonyl (C=O) groups excluding carboxylic acids is 1. The summed E-state index contributed by atoms with van der Waals surface area (Å²) >= 11 is 2.66. The van der Waals surface area contributed by atoms with E-state index in [0.717, 1.165) is 17.0 Å². The number of nitriles is 1. The molecular weight excluding hydrogens is 376 g/mol. The van der Waals surface area contributed by atoms with Crippen LogP contribution in [0.15, 0.2) is 46.8 Å². The fraction of sp³-hybridized carbons (Fsp3) is 0.200. The van der Waals surface area contributed by atoms with Gasteiger partial charge >= 0.3 is 0 Å². The van der Waals surface area contributed by atoms with Crippen molar-refractivity contribution in [3.63, 3.8) is 0 Å². The van der Waals surface area contributed by atoms with Gasteiger partial charge in [-0.1, -0.05) is 41.6 Å². The Balaban J connectivity index is 1.68. The number of nitrogens with zero attached hydrogens (tertiary/aromatic N) is 3. The number of thioether (sulfide) groups is 1.